The molecule has 0 spiro atoms. The minimum Gasteiger partial charge on any atom is -0.480 e. The van der Waals surface area contributed by atoms with Crippen LogP contribution in [0.2, 0.25) is 0 Å². The molecule has 1 saturated carbocycles. The first-order chi connectivity index (χ1) is 9.45. The van der Waals surface area contributed by atoms with Crippen LogP contribution in [-0.4, -0.2) is 89.3 Å². The first-order valence-electron chi connectivity index (χ1n) is 7.08. The summed E-state index contributed by atoms with van der Waals surface area (Å²) in [7, 11) is 1.79. The zero-order valence-corrected chi connectivity index (χ0v) is 11.9. The predicted octanol–water partition coefficient (Wildman–Crippen LogP) is -0.489. The number of carboxylic acid groups (broad SMARTS) is 1. The van der Waals surface area contributed by atoms with Crippen molar-refractivity contribution in [2.24, 2.45) is 5.92 Å². The minimum atomic E-state index is -0.828. The third-order valence-corrected chi connectivity index (χ3v) is 4.07. The molecule has 7 heteroatoms. The fourth-order valence-electron chi connectivity index (χ4n) is 2.84. The van der Waals surface area contributed by atoms with E-state index in [1.165, 1.54) is 0 Å². The number of piperazine rings is 1. The Morgan fingerprint density at radius 2 is 1.80 bits per heavy atom. The lowest BCUT2D eigenvalue weighted by Crippen LogP contribution is -2.53. The van der Waals surface area contributed by atoms with Crippen molar-refractivity contribution in [3.05, 3.63) is 0 Å². The summed E-state index contributed by atoms with van der Waals surface area (Å²) >= 11 is 0. The number of aliphatic hydroxyl groups excluding tert-OH is 1. The van der Waals surface area contributed by atoms with E-state index >= 15 is 0 Å². The number of amides is 2. The second-order valence-corrected chi connectivity index (χ2v) is 5.81. The van der Waals surface area contributed by atoms with Gasteiger partial charge < -0.3 is 20.0 Å². The second kappa shape index (κ2) is 6.41. The monoisotopic (exact) mass is 285 g/mol. The highest BCUT2D eigenvalue weighted by Gasteiger charge is 2.31. The predicted molar refractivity (Wildman–Crippen MR) is 72.4 cm³/mol. The number of carbonyl (C=O) groups excluding carboxylic acids is 1. The topological polar surface area (TPSA) is 84.3 Å². The van der Waals surface area contributed by atoms with Crippen molar-refractivity contribution in [3.8, 4) is 0 Å². The molecule has 2 aliphatic rings. The van der Waals surface area contributed by atoms with Crippen LogP contribution in [0.4, 0.5) is 4.79 Å². The van der Waals surface area contributed by atoms with Crippen LogP contribution in [0.5, 0.6) is 0 Å². The number of nitrogens with zero attached hydrogens (tertiary/aromatic N) is 3. The summed E-state index contributed by atoms with van der Waals surface area (Å²) in [6.45, 7) is 3.08. The molecule has 2 rings (SSSR count). The average molecular weight is 285 g/mol. The smallest absolute Gasteiger partial charge is 0.319 e. The van der Waals surface area contributed by atoms with Crippen LogP contribution in [0.25, 0.3) is 0 Å². The fourth-order valence-corrected chi connectivity index (χ4v) is 2.84. The van der Waals surface area contributed by atoms with Gasteiger partial charge in [0.15, 0.2) is 0 Å². The van der Waals surface area contributed by atoms with Crippen LogP contribution in [0.1, 0.15) is 12.8 Å². The molecule has 1 heterocycles. The summed E-state index contributed by atoms with van der Waals surface area (Å²) in [6, 6.07) is 0.00126. The number of carbonyl (C=O) groups is 2. The summed E-state index contributed by atoms with van der Waals surface area (Å²) in [5.74, 6) is -0.419. The molecular formula is C13H23N3O4. The Morgan fingerprint density at radius 1 is 1.20 bits per heavy atom. The first kappa shape index (κ1) is 15.1. The Labute approximate surface area is 118 Å². The van der Waals surface area contributed by atoms with Gasteiger partial charge in [0.2, 0.25) is 0 Å². The summed E-state index contributed by atoms with van der Waals surface area (Å²) in [5, 5.41) is 18.0. The van der Waals surface area contributed by atoms with Gasteiger partial charge in [-0.1, -0.05) is 0 Å². The Bertz CT molecular complexity index is 363. The fraction of sp³-hybridized carbons (Fsp3) is 0.846. The van der Waals surface area contributed by atoms with Gasteiger partial charge in [0.25, 0.3) is 0 Å². The van der Waals surface area contributed by atoms with E-state index < -0.39 is 5.97 Å². The normalized spacial score (nSPS) is 27.0. The van der Waals surface area contributed by atoms with E-state index in [9.17, 15) is 14.7 Å². The molecule has 2 fully saturated rings. The summed E-state index contributed by atoms with van der Waals surface area (Å²) in [5.41, 5.74) is 0. The SMILES string of the molecule is CN(CC1CC(O)C1)C(=O)N1CCN(CC(=O)O)CC1. The van der Waals surface area contributed by atoms with Gasteiger partial charge in [0, 0.05) is 39.8 Å². The van der Waals surface area contributed by atoms with Crippen molar-refractivity contribution in [1.82, 2.24) is 14.7 Å². The zero-order valence-electron chi connectivity index (χ0n) is 11.9. The highest BCUT2D eigenvalue weighted by Crippen LogP contribution is 2.27. The average Bonchev–Trinajstić information content (AvgIpc) is 2.36. The largest absolute Gasteiger partial charge is 0.480 e. The van der Waals surface area contributed by atoms with E-state index in [2.05, 4.69) is 0 Å². The lowest BCUT2D eigenvalue weighted by molar-refractivity contribution is -0.138. The van der Waals surface area contributed by atoms with E-state index in [1.807, 2.05) is 4.90 Å². The maximum atomic E-state index is 12.2. The van der Waals surface area contributed by atoms with Crippen molar-refractivity contribution in [2.75, 3.05) is 46.3 Å². The maximum absolute atomic E-state index is 12.2. The van der Waals surface area contributed by atoms with Gasteiger partial charge in [-0.15, -0.1) is 0 Å². The van der Waals surface area contributed by atoms with Crippen LogP contribution in [0.3, 0.4) is 0 Å². The maximum Gasteiger partial charge on any atom is 0.319 e. The molecule has 2 N–H and O–H groups in total. The van der Waals surface area contributed by atoms with Crippen molar-refractivity contribution < 1.29 is 19.8 Å². The van der Waals surface area contributed by atoms with Gasteiger partial charge in [-0.05, 0) is 18.8 Å². The molecule has 20 heavy (non-hydrogen) atoms. The third kappa shape index (κ3) is 3.83. The standard InChI is InChI=1S/C13H23N3O4/c1-14(8-10-6-11(17)7-10)13(20)16-4-2-15(3-5-16)9-12(18)19/h10-11,17H,2-9H2,1H3,(H,18,19). The molecular weight excluding hydrogens is 262 g/mol. The quantitative estimate of drug-likeness (QED) is 0.728. The molecule has 114 valence electrons. The number of aliphatic hydroxyl groups is 1. The van der Waals surface area contributed by atoms with Gasteiger partial charge in [-0.2, -0.15) is 0 Å². The molecule has 0 aromatic carbocycles. The van der Waals surface area contributed by atoms with Gasteiger partial charge in [-0.3, -0.25) is 9.69 Å². The summed E-state index contributed by atoms with van der Waals surface area (Å²) in [4.78, 5) is 28.2. The molecule has 2 amide bonds. The van der Waals surface area contributed by atoms with Gasteiger partial charge in [-0.25, -0.2) is 4.79 Å². The first-order valence-corrected chi connectivity index (χ1v) is 7.08. The molecule has 1 saturated heterocycles. The second-order valence-electron chi connectivity index (χ2n) is 5.81. The van der Waals surface area contributed by atoms with Gasteiger partial charge >= 0.3 is 12.0 Å². The lowest BCUT2D eigenvalue weighted by Gasteiger charge is -2.39. The van der Waals surface area contributed by atoms with Crippen LogP contribution < -0.4 is 0 Å². The van der Waals surface area contributed by atoms with Gasteiger partial charge in [0.05, 0.1) is 12.6 Å². The number of rotatable bonds is 4. The number of carboxylic acids is 1. The van der Waals surface area contributed by atoms with Crippen LogP contribution >= 0.6 is 0 Å². The molecule has 0 bridgehead atoms. The Balaban J connectivity index is 1.72. The summed E-state index contributed by atoms with van der Waals surface area (Å²) in [6.07, 6.45) is 1.37. The van der Waals surface area contributed by atoms with Crippen molar-refractivity contribution >= 4 is 12.0 Å². The van der Waals surface area contributed by atoms with E-state index in [-0.39, 0.29) is 18.7 Å². The van der Waals surface area contributed by atoms with Crippen LogP contribution in [0.15, 0.2) is 0 Å². The van der Waals surface area contributed by atoms with Crippen LogP contribution in [-0.2, 0) is 4.79 Å². The molecule has 0 aromatic heterocycles. The molecule has 0 aromatic rings. The number of hydrogen-bond acceptors (Lipinski definition) is 4. The van der Waals surface area contributed by atoms with Crippen molar-refractivity contribution in [3.63, 3.8) is 0 Å². The Hall–Kier alpha value is -1.34. The Kier molecular flexibility index (Phi) is 4.82. The third-order valence-electron chi connectivity index (χ3n) is 4.07. The van der Waals surface area contributed by atoms with Gasteiger partial charge in [0.1, 0.15) is 0 Å². The summed E-state index contributed by atoms with van der Waals surface area (Å²) < 4.78 is 0. The number of hydrogen-bond donors (Lipinski definition) is 2. The van der Waals surface area contributed by atoms with Crippen molar-refractivity contribution in [2.45, 2.75) is 18.9 Å². The lowest BCUT2D eigenvalue weighted by atomic mass is 9.82. The van der Waals surface area contributed by atoms with E-state index in [0.29, 0.717) is 38.6 Å². The van der Waals surface area contributed by atoms with E-state index in [1.54, 1.807) is 16.8 Å². The molecule has 1 aliphatic carbocycles. The van der Waals surface area contributed by atoms with Crippen LogP contribution in [0, 0.1) is 5.92 Å². The molecule has 0 unspecified atom stereocenters. The number of urea groups is 1. The highest BCUT2D eigenvalue weighted by atomic mass is 16.4. The van der Waals surface area contributed by atoms with E-state index in [0.717, 1.165) is 12.8 Å². The Morgan fingerprint density at radius 3 is 2.30 bits per heavy atom. The zero-order chi connectivity index (χ0) is 14.7. The number of aliphatic carboxylic acids is 1. The molecule has 0 radical (unpaired) electrons. The molecule has 0 atom stereocenters. The highest BCUT2D eigenvalue weighted by molar-refractivity contribution is 5.74. The van der Waals surface area contributed by atoms with Crippen molar-refractivity contribution in [1.29, 1.82) is 0 Å². The minimum absolute atomic E-state index is 0.00126. The van der Waals surface area contributed by atoms with E-state index in [4.69, 9.17) is 5.11 Å². The molecule has 1 aliphatic heterocycles. The molecule has 7 nitrogen and oxygen atoms in total.